The average Bonchev–Trinajstić information content (AvgIpc) is 2.39. The van der Waals surface area contributed by atoms with Gasteiger partial charge in [-0.2, -0.15) is 13.2 Å². The molecule has 2 rings (SSSR count). The normalized spacial score (nSPS) is 11.4. The lowest BCUT2D eigenvalue weighted by atomic mass is 10.1. The molecule has 2 aromatic heterocycles. The molecule has 0 saturated carbocycles. The molecule has 2 aromatic rings. The first-order valence-corrected chi connectivity index (χ1v) is 5.74. The molecule has 0 aliphatic carbocycles. The summed E-state index contributed by atoms with van der Waals surface area (Å²) in [4.78, 5) is 8.00. The van der Waals surface area contributed by atoms with Gasteiger partial charge in [-0.05, 0) is 31.2 Å². The first-order chi connectivity index (χ1) is 9.00. The van der Waals surface area contributed by atoms with E-state index in [2.05, 4.69) is 15.3 Å². The molecule has 100 valence electrons. The maximum Gasteiger partial charge on any atom is 0.416 e. The number of hydrogen-bond acceptors (Lipinski definition) is 3. The Labute approximate surface area is 108 Å². The lowest BCUT2D eigenvalue weighted by molar-refractivity contribution is -0.137. The van der Waals surface area contributed by atoms with Crippen LogP contribution in [0.1, 0.15) is 12.5 Å². The summed E-state index contributed by atoms with van der Waals surface area (Å²) in [6.45, 7) is 2.30. The van der Waals surface area contributed by atoms with Crippen molar-refractivity contribution in [2.24, 2.45) is 0 Å². The predicted octanol–water partition coefficient (Wildman–Crippen LogP) is 3.59. The predicted molar refractivity (Wildman–Crippen MR) is 66.6 cm³/mol. The Morgan fingerprint density at radius 2 is 1.84 bits per heavy atom. The summed E-state index contributed by atoms with van der Waals surface area (Å²) < 4.78 is 38.5. The number of hydrogen-bond donors (Lipinski definition) is 1. The first-order valence-electron chi connectivity index (χ1n) is 5.74. The second kappa shape index (κ2) is 5.26. The average molecular weight is 267 g/mol. The lowest BCUT2D eigenvalue weighted by Gasteiger charge is -2.12. The zero-order valence-corrected chi connectivity index (χ0v) is 10.2. The van der Waals surface area contributed by atoms with Gasteiger partial charge in [0.1, 0.15) is 5.82 Å². The van der Waals surface area contributed by atoms with Crippen LogP contribution >= 0.6 is 0 Å². The van der Waals surface area contributed by atoms with E-state index in [1.807, 2.05) is 0 Å². The van der Waals surface area contributed by atoms with Crippen LogP contribution in [0.4, 0.5) is 19.0 Å². The van der Waals surface area contributed by atoms with Crippen molar-refractivity contribution in [3.05, 3.63) is 42.2 Å². The zero-order chi connectivity index (χ0) is 13.9. The van der Waals surface area contributed by atoms with E-state index in [1.54, 1.807) is 19.1 Å². The van der Waals surface area contributed by atoms with Gasteiger partial charge in [0.15, 0.2) is 0 Å². The van der Waals surface area contributed by atoms with Gasteiger partial charge in [0.25, 0.3) is 0 Å². The number of pyridine rings is 2. The highest BCUT2D eigenvalue weighted by Gasteiger charge is 2.31. The van der Waals surface area contributed by atoms with Crippen molar-refractivity contribution in [2.75, 3.05) is 11.9 Å². The second-order valence-electron chi connectivity index (χ2n) is 3.89. The van der Waals surface area contributed by atoms with Gasteiger partial charge in [-0.1, -0.05) is 0 Å². The van der Waals surface area contributed by atoms with E-state index >= 15 is 0 Å². The molecule has 0 aromatic carbocycles. The molecule has 0 bridgehead atoms. The van der Waals surface area contributed by atoms with Crippen LogP contribution in [0.15, 0.2) is 36.7 Å². The van der Waals surface area contributed by atoms with Crippen LogP contribution in [-0.2, 0) is 6.18 Å². The van der Waals surface area contributed by atoms with E-state index in [0.717, 1.165) is 12.1 Å². The van der Waals surface area contributed by atoms with Gasteiger partial charge in [0, 0.05) is 24.5 Å². The molecule has 1 N–H and O–H groups in total. The van der Waals surface area contributed by atoms with Crippen molar-refractivity contribution in [3.8, 4) is 11.3 Å². The number of nitrogens with one attached hydrogen (secondary N) is 1. The van der Waals surface area contributed by atoms with E-state index in [4.69, 9.17) is 0 Å². The molecule has 0 unspecified atom stereocenters. The Bertz CT molecular complexity index is 553. The highest BCUT2D eigenvalue weighted by molar-refractivity contribution is 5.62. The van der Waals surface area contributed by atoms with Gasteiger partial charge in [-0.3, -0.25) is 4.98 Å². The number of nitrogens with zero attached hydrogens (tertiary/aromatic N) is 2. The van der Waals surface area contributed by atoms with Crippen LogP contribution in [0.25, 0.3) is 11.3 Å². The third-order valence-corrected chi connectivity index (χ3v) is 2.49. The monoisotopic (exact) mass is 267 g/mol. The number of halogens is 3. The van der Waals surface area contributed by atoms with Crippen LogP contribution in [0.2, 0.25) is 0 Å². The summed E-state index contributed by atoms with van der Waals surface area (Å²) in [5.41, 5.74) is 0.152. The van der Waals surface area contributed by atoms with Gasteiger partial charge in [0.2, 0.25) is 0 Å². The molecule has 0 aliphatic heterocycles. The standard InChI is InChI=1S/C13H12F3N3/c1-2-18-12-8-10(13(14,15)16)7-11(19-12)9-3-5-17-6-4-9/h3-8H,2H2,1H3,(H,18,19). The quantitative estimate of drug-likeness (QED) is 0.923. The topological polar surface area (TPSA) is 37.8 Å². The van der Waals surface area contributed by atoms with Crippen molar-refractivity contribution in [2.45, 2.75) is 13.1 Å². The van der Waals surface area contributed by atoms with Gasteiger partial charge in [0.05, 0.1) is 11.3 Å². The van der Waals surface area contributed by atoms with Gasteiger partial charge in [-0.25, -0.2) is 4.98 Å². The van der Waals surface area contributed by atoms with Crippen LogP contribution in [0, 0.1) is 0 Å². The van der Waals surface area contributed by atoms with Gasteiger partial charge in [-0.15, -0.1) is 0 Å². The Balaban J connectivity index is 2.52. The summed E-state index contributed by atoms with van der Waals surface area (Å²) in [5.74, 6) is 0.212. The minimum Gasteiger partial charge on any atom is -0.370 e. The fourth-order valence-electron chi connectivity index (χ4n) is 1.64. The molecule has 0 amide bonds. The van der Waals surface area contributed by atoms with Crippen molar-refractivity contribution in [3.63, 3.8) is 0 Å². The maximum atomic E-state index is 12.8. The molecule has 0 radical (unpaired) electrons. The van der Waals surface area contributed by atoms with Crippen LogP contribution in [0.3, 0.4) is 0 Å². The fraction of sp³-hybridized carbons (Fsp3) is 0.231. The van der Waals surface area contributed by atoms with Crippen molar-refractivity contribution < 1.29 is 13.2 Å². The van der Waals surface area contributed by atoms with E-state index < -0.39 is 11.7 Å². The minimum atomic E-state index is -4.39. The summed E-state index contributed by atoms with van der Waals surface area (Å²) >= 11 is 0. The van der Waals surface area contributed by atoms with E-state index in [0.29, 0.717) is 12.1 Å². The molecular formula is C13H12F3N3. The van der Waals surface area contributed by atoms with Crippen molar-refractivity contribution in [1.82, 2.24) is 9.97 Å². The number of alkyl halides is 3. The number of aromatic nitrogens is 2. The number of anilines is 1. The molecule has 3 nitrogen and oxygen atoms in total. The van der Waals surface area contributed by atoms with E-state index in [-0.39, 0.29) is 11.5 Å². The molecule has 19 heavy (non-hydrogen) atoms. The highest BCUT2D eigenvalue weighted by Crippen LogP contribution is 2.33. The highest BCUT2D eigenvalue weighted by atomic mass is 19.4. The SMILES string of the molecule is CCNc1cc(C(F)(F)F)cc(-c2ccncc2)n1. The largest absolute Gasteiger partial charge is 0.416 e. The molecule has 0 spiro atoms. The van der Waals surface area contributed by atoms with Crippen LogP contribution in [0.5, 0.6) is 0 Å². The molecule has 0 atom stereocenters. The molecule has 0 saturated heterocycles. The third kappa shape index (κ3) is 3.21. The zero-order valence-electron chi connectivity index (χ0n) is 10.2. The van der Waals surface area contributed by atoms with Crippen molar-refractivity contribution in [1.29, 1.82) is 0 Å². The van der Waals surface area contributed by atoms with Gasteiger partial charge < -0.3 is 5.32 Å². The Morgan fingerprint density at radius 1 is 1.16 bits per heavy atom. The Kier molecular flexibility index (Phi) is 3.69. The molecule has 0 aliphatic rings. The summed E-state index contributed by atoms with van der Waals surface area (Å²) in [7, 11) is 0. The maximum absolute atomic E-state index is 12.8. The summed E-state index contributed by atoms with van der Waals surface area (Å²) in [6.07, 6.45) is -1.36. The Hall–Kier alpha value is -2.11. The summed E-state index contributed by atoms with van der Waals surface area (Å²) in [5, 5.41) is 2.80. The third-order valence-electron chi connectivity index (χ3n) is 2.49. The lowest BCUT2D eigenvalue weighted by Crippen LogP contribution is -2.08. The van der Waals surface area contributed by atoms with E-state index in [9.17, 15) is 13.2 Å². The Morgan fingerprint density at radius 3 is 2.42 bits per heavy atom. The molecule has 0 fully saturated rings. The molecule has 2 heterocycles. The summed E-state index contributed by atoms with van der Waals surface area (Å²) in [6, 6.07) is 5.29. The molecule has 6 heteroatoms. The molecular weight excluding hydrogens is 255 g/mol. The van der Waals surface area contributed by atoms with Gasteiger partial charge >= 0.3 is 6.18 Å². The van der Waals surface area contributed by atoms with Crippen molar-refractivity contribution >= 4 is 5.82 Å². The number of rotatable bonds is 3. The van der Waals surface area contributed by atoms with Crippen LogP contribution < -0.4 is 5.32 Å². The van der Waals surface area contributed by atoms with E-state index in [1.165, 1.54) is 12.4 Å². The fourth-order valence-corrected chi connectivity index (χ4v) is 1.64. The second-order valence-corrected chi connectivity index (χ2v) is 3.89. The smallest absolute Gasteiger partial charge is 0.370 e. The minimum absolute atomic E-state index is 0.212. The first kappa shape index (κ1) is 13.3. The van der Waals surface area contributed by atoms with Crippen LogP contribution in [-0.4, -0.2) is 16.5 Å².